The van der Waals surface area contributed by atoms with E-state index in [1.807, 2.05) is 25.7 Å². The molecule has 2 heterocycles. The summed E-state index contributed by atoms with van der Waals surface area (Å²) in [4.78, 5) is 16.6. The highest BCUT2D eigenvalue weighted by atomic mass is 79.9. The van der Waals surface area contributed by atoms with Crippen molar-refractivity contribution in [2.45, 2.75) is 58.2 Å². The van der Waals surface area contributed by atoms with Crippen molar-refractivity contribution in [2.24, 2.45) is 0 Å². The van der Waals surface area contributed by atoms with Crippen LogP contribution in [0.15, 0.2) is 22.7 Å². The Kier molecular flexibility index (Phi) is 5.21. The molecule has 1 aromatic rings. The second kappa shape index (κ2) is 7.04. The molecule has 0 unspecified atom stereocenters. The van der Waals surface area contributed by atoms with Crippen molar-refractivity contribution in [2.75, 3.05) is 19.6 Å². The SMILES string of the molecule is CC(C)(C)OC(=O)N1CCC(N2CCc3cc(Br)ccc3C2)CC1. The fraction of sp³-hybridized carbons (Fsp3) is 0.632. The van der Waals surface area contributed by atoms with Crippen LogP contribution in [0.1, 0.15) is 44.7 Å². The molecule has 2 aliphatic heterocycles. The van der Waals surface area contributed by atoms with Crippen molar-refractivity contribution in [1.82, 2.24) is 9.80 Å². The predicted octanol–water partition coefficient (Wildman–Crippen LogP) is 4.21. The van der Waals surface area contributed by atoms with Gasteiger partial charge in [0.05, 0.1) is 0 Å². The molecule has 5 heteroatoms. The molecule has 1 amide bonds. The van der Waals surface area contributed by atoms with Crippen LogP contribution >= 0.6 is 15.9 Å². The number of ether oxygens (including phenoxy) is 1. The Morgan fingerprint density at radius 3 is 2.54 bits per heavy atom. The number of likely N-dealkylation sites (tertiary alicyclic amines) is 1. The topological polar surface area (TPSA) is 32.8 Å². The van der Waals surface area contributed by atoms with E-state index in [4.69, 9.17) is 4.74 Å². The van der Waals surface area contributed by atoms with E-state index in [2.05, 4.69) is 39.0 Å². The number of hydrogen-bond acceptors (Lipinski definition) is 3. The summed E-state index contributed by atoms with van der Waals surface area (Å²) < 4.78 is 6.65. The van der Waals surface area contributed by atoms with Crippen molar-refractivity contribution in [1.29, 1.82) is 0 Å². The monoisotopic (exact) mass is 394 g/mol. The van der Waals surface area contributed by atoms with Gasteiger partial charge in [0.1, 0.15) is 5.60 Å². The Bertz CT molecular complexity index is 604. The van der Waals surface area contributed by atoms with Gasteiger partial charge in [0.15, 0.2) is 0 Å². The van der Waals surface area contributed by atoms with E-state index in [-0.39, 0.29) is 6.09 Å². The molecular formula is C19H27BrN2O2. The van der Waals surface area contributed by atoms with Crippen molar-refractivity contribution >= 4 is 22.0 Å². The van der Waals surface area contributed by atoms with E-state index in [0.29, 0.717) is 6.04 Å². The number of rotatable bonds is 1. The molecule has 2 aliphatic rings. The number of carbonyl (C=O) groups is 1. The van der Waals surface area contributed by atoms with E-state index in [0.717, 1.165) is 45.4 Å². The minimum atomic E-state index is -0.418. The summed E-state index contributed by atoms with van der Waals surface area (Å²) in [7, 11) is 0. The van der Waals surface area contributed by atoms with Crippen LogP contribution in [0.3, 0.4) is 0 Å². The number of halogens is 1. The van der Waals surface area contributed by atoms with Crippen molar-refractivity contribution in [3.05, 3.63) is 33.8 Å². The maximum atomic E-state index is 12.2. The fourth-order valence-corrected chi connectivity index (χ4v) is 4.00. The smallest absolute Gasteiger partial charge is 0.410 e. The summed E-state index contributed by atoms with van der Waals surface area (Å²) in [5, 5.41) is 0. The standard InChI is InChI=1S/C19H27BrN2O2/c1-19(2,3)24-18(23)21-10-7-17(8-11-21)22-9-6-14-12-16(20)5-4-15(14)13-22/h4-5,12,17H,6-11,13H2,1-3H3. The lowest BCUT2D eigenvalue weighted by Gasteiger charge is -2.40. The lowest BCUT2D eigenvalue weighted by Crippen LogP contribution is -2.49. The molecular weight excluding hydrogens is 368 g/mol. The molecule has 0 N–H and O–H groups in total. The van der Waals surface area contributed by atoms with Gasteiger partial charge in [-0.05, 0) is 63.3 Å². The Labute approximate surface area is 153 Å². The number of hydrogen-bond donors (Lipinski definition) is 0. The van der Waals surface area contributed by atoms with Gasteiger partial charge in [-0.15, -0.1) is 0 Å². The van der Waals surface area contributed by atoms with Crippen LogP contribution in [0.25, 0.3) is 0 Å². The summed E-state index contributed by atoms with van der Waals surface area (Å²) in [5.41, 5.74) is 2.49. The quantitative estimate of drug-likeness (QED) is 0.714. The Morgan fingerprint density at radius 1 is 1.17 bits per heavy atom. The van der Waals surface area contributed by atoms with Gasteiger partial charge < -0.3 is 9.64 Å². The van der Waals surface area contributed by atoms with Crippen LogP contribution in [0.4, 0.5) is 4.79 Å². The minimum absolute atomic E-state index is 0.171. The normalized spacial score (nSPS) is 19.9. The van der Waals surface area contributed by atoms with Gasteiger partial charge in [-0.1, -0.05) is 22.0 Å². The third-order valence-corrected chi connectivity index (χ3v) is 5.34. The van der Waals surface area contributed by atoms with Crippen LogP contribution in [-0.2, 0) is 17.7 Å². The molecule has 1 aromatic carbocycles. The predicted molar refractivity (Wildman–Crippen MR) is 99.1 cm³/mol. The summed E-state index contributed by atoms with van der Waals surface area (Å²) in [6, 6.07) is 7.19. The average molecular weight is 395 g/mol. The first-order chi connectivity index (χ1) is 11.3. The zero-order chi connectivity index (χ0) is 17.3. The largest absolute Gasteiger partial charge is 0.444 e. The molecule has 3 rings (SSSR count). The lowest BCUT2D eigenvalue weighted by atomic mass is 9.95. The number of piperidine rings is 1. The highest BCUT2D eigenvalue weighted by Gasteiger charge is 2.30. The van der Waals surface area contributed by atoms with Crippen molar-refractivity contribution in [3.8, 4) is 0 Å². The van der Waals surface area contributed by atoms with E-state index in [9.17, 15) is 4.79 Å². The zero-order valence-corrected chi connectivity index (χ0v) is 16.4. The Balaban J connectivity index is 1.54. The molecule has 4 nitrogen and oxygen atoms in total. The second-order valence-electron chi connectivity index (χ2n) is 7.83. The van der Waals surface area contributed by atoms with Crippen molar-refractivity contribution < 1.29 is 9.53 Å². The minimum Gasteiger partial charge on any atom is -0.444 e. The fourth-order valence-electron chi connectivity index (χ4n) is 3.60. The highest BCUT2D eigenvalue weighted by Crippen LogP contribution is 2.27. The molecule has 1 saturated heterocycles. The molecule has 0 aliphatic carbocycles. The van der Waals surface area contributed by atoms with E-state index >= 15 is 0 Å². The third kappa shape index (κ3) is 4.31. The van der Waals surface area contributed by atoms with Crippen LogP contribution in [0.2, 0.25) is 0 Å². The summed E-state index contributed by atoms with van der Waals surface area (Å²) in [5.74, 6) is 0. The van der Waals surface area contributed by atoms with Gasteiger partial charge in [-0.25, -0.2) is 4.79 Å². The van der Waals surface area contributed by atoms with Crippen molar-refractivity contribution in [3.63, 3.8) is 0 Å². The molecule has 132 valence electrons. The molecule has 0 atom stereocenters. The summed E-state index contributed by atoms with van der Waals surface area (Å²) in [6.45, 7) is 9.48. The van der Waals surface area contributed by atoms with E-state index in [1.165, 1.54) is 15.6 Å². The molecule has 24 heavy (non-hydrogen) atoms. The maximum absolute atomic E-state index is 12.2. The summed E-state index contributed by atoms with van der Waals surface area (Å²) >= 11 is 3.56. The zero-order valence-electron chi connectivity index (χ0n) is 14.8. The number of carbonyl (C=O) groups excluding carboxylic acids is 1. The lowest BCUT2D eigenvalue weighted by molar-refractivity contribution is 0.0134. The van der Waals surface area contributed by atoms with Gasteiger partial charge in [-0.2, -0.15) is 0 Å². The molecule has 0 aromatic heterocycles. The third-order valence-electron chi connectivity index (χ3n) is 4.84. The maximum Gasteiger partial charge on any atom is 0.410 e. The van der Waals surface area contributed by atoms with Crippen LogP contribution in [0.5, 0.6) is 0 Å². The number of amides is 1. The van der Waals surface area contributed by atoms with Crippen LogP contribution in [0, 0.1) is 0 Å². The van der Waals surface area contributed by atoms with Crippen LogP contribution < -0.4 is 0 Å². The second-order valence-corrected chi connectivity index (χ2v) is 8.75. The number of benzene rings is 1. The van der Waals surface area contributed by atoms with E-state index in [1.54, 1.807) is 0 Å². The summed E-state index contributed by atoms with van der Waals surface area (Å²) in [6.07, 6.45) is 3.01. The molecule has 0 spiro atoms. The number of fused-ring (bicyclic) bond motifs is 1. The molecule has 1 fully saturated rings. The van der Waals surface area contributed by atoms with Gasteiger partial charge in [-0.3, -0.25) is 4.90 Å². The Hall–Kier alpha value is -1.07. The number of nitrogens with zero attached hydrogens (tertiary/aromatic N) is 2. The van der Waals surface area contributed by atoms with Gasteiger partial charge in [0, 0.05) is 36.7 Å². The van der Waals surface area contributed by atoms with Gasteiger partial charge in [0.2, 0.25) is 0 Å². The molecule has 0 bridgehead atoms. The first-order valence-corrected chi connectivity index (χ1v) is 9.60. The van der Waals surface area contributed by atoms with Crippen LogP contribution in [-0.4, -0.2) is 47.2 Å². The van der Waals surface area contributed by atoms with Gasteiger partial charge >= 0.3 is 6.09 Å². The Morgan fingerprint density at radius 2 is 1.88 bits per heavy atom. The molecule has 0 radical (unpaired) electrons. The highest BCUT2D eigenvalue weighted by molar-refractivity contribution is 9.10. The first kappa shape index (κ1) is 17.7. The van der Waals surface area contributed by atoms with Gasteiger partial charge in [0.25, 0.3) is 0 Å². The molecule has 0 saturated carbocycles. The first-order valence-electron chi connectivity index (χ1n) is 8.81. The van der Waals surface area contributed by atoms with E-state index < -0.39 is 5.60 Å². The average Bonchev–Trinajstić information content (AvgIpc) is 2.53.